The Hall–Kier alpha value is -1.52. The van der Waals surface area contributed by atoms with Crippen LogP contribution in [0.25, 0.3) is 0 Å². The lowest BCUT2D eigenvalue weighted by Crippen LogP contribution is -2.28. The summed E-state index contributed by atoms with van der Waals surface area (Å²) >= 11 is 0. The van der Waals surface area contributed by atoms with Crippen LogP contribution in [-0.4, -0.2) is 21.5 Å². The van der Waals surface area contributed by atoms with Crippen molar-refractivity contribution in [3.63, 3.8) is 0 Å². The number of carbonyl (C=O) groups excluding carboxylic acids is 1. The molecule has 0 amide bonds. The summed E-state index contributed by atoms with van der Waals surface area (Å²) in [5, 5.41) is 2.35. The average molecular weight is 198 g/mol. The Labute approximate surface area is 81.7 Å². The van der Waals surface area contributed by atoms with Crippen LogP contribution < -0.4 is 5.56 Å². The number of nitrogens with one attached hydrogen (secondary N) is 1. The van der Waals surface area contributed by atoms with Gasteiger partial charge >= 0.3 is 6.09 Å². The van der Waals surface area contributed by atoms with Gasteiger partial charge in [0.1, 0.15) is 5.60 Å². The Balaban J connectivity index is 2.91. The Morgan fingerprint density at radius 1 is 1.50 bits per heavy atom. The highest BCUT2D eigenvalue weighted by Gasteiger charge is 2.19. The van der Waals surface area contributed by atoms with Crippen LogP contribution in [0.3, 0.4) is 0 Å². The number of aromatic amines is 1. The molecule has 5 nitrogen and oxygen atoms in total. The first-order chi connectivity index (χ1) is 6.29. The molecule has 0 aliphatic heterocycles. The van der Waals surface area contributed by atoms with E-state index in [1.807, 2.05) is 0 Å². The van der Waals surface area contributed by atoms with E-state index in [1.165, 1.54) is 6.07 Å². The number of aromatic nitrogens is 2. The summed E-state index contributed by atoms with van der Waals surface area (Å²) in [6.45, 7) is 6.95. The zero-order chi connectivity index (χ0) is 10.9. The van der Waals surface area contributed by atoms with Gasteiger partial charge in [-0.3, -0.25) is 9.89 Å². The third-order valence-electron chi connectivity index (χ3n) is 1.49. The summed E-state index contributed by atoms with van der Waals surface area (Å²) < 4.78 is 6.16. The smallest absolute Gasteiger partial charge is 0.433 e. The van der Waals surface area contributed by atoms with E-state index in [1.54, 1.807) is 27.7 Å². The van der Waals surface area contributed by atoms with Gasteiger partial charge in [0.2, 0.25) is 0 Å². The van der Waals surface area contributed by atoms with Gasteiger partial charge in [-0.2, -0.15) is 4.68 Å². The summed E-state index contributed by atoms with van der Waals surface area (Å²) in [5.41, 5.74) is -0.345. The van der Waals surface area contributed by atoms with E-state index in [0.717, 1.165) is 4.68 Å². The number of carbonyl (C=O) groups is 1. The Kier molecular flexibility index (Phi) is 2.51. The molecule has 0 saturated carbocycles. The first-order valence-corrected chi connectivity index (χ1v) is 4.31. The van der Waals surface area contributed by atoms with Gasteiger partial charge in [0, 0.05) is 11.8 Å². The highest BCUT2D eigenvalue weighted by molar-refractivity contribution is 5.70. The van der Waals surface area contributed by atoms with E-state index in [2.05, 4.69) is 5.10 Å². The standard InChI is InChI=1S/C9H14N2O3/c1-6-5-7(12)10-11(6)8(13)14-9(2,3)4/h5H,1-4H3,(H,10,12). The van der Waals surface area contributed by atoms with Gasteiger partial charge in [0.05, 0.1) is 0 Å². The molecule has 0 aliphatic carbocycles. The van der Waals surface area contributed by atoms with Gasteiger partial charge in [-0.15, -0.1) is 0 Å². The molecular formula is C9H14N2O3. The van der Waals surface area contributed by atoms with Crippen molar-refractivity contribution < 1.29 is 9.53 Å². The van der Waals surface area contributed by atoms with Crippen molar-refractivity contribution in [2.45, 2.75) is 33.3 Å². The molecule has 0 atom stereocenters. The average Bonchev–Trinajstić information content (AvgIpc) is 2.26. The van der Waals surface area contributed by atoms with Crippen LogP contribution in [-0.2, 0) is 4.74 Å². The predicted molar refractivity (Wildman–Crippen MR) is 51.4 cm³/mol. The molecule has 1 N–H and O–H groups in total. The van der Waals surface area contributed by atoms with Crippen molar-refractivity contribution in [3.8, 4) is 0 Å². The minimum atomic E-state index is -0.572. The van der Waals surface area contributed by atoms with E-state index in [4.69, 9.17) is 4.74 Å². The number of aryl methyl sites for hydroxylation is 1. The molecule has 1 aromatic heterocycles. The lowest BCUT2D eigenvalue weighted by Gasteiger charge is -2.19. The van der Waals surface area contributed by atoms with Crippen molar-refractivity contribution in [2.75, 3.05) is 0 Å². The second-order valence-corrected chi connectivity index (χ2v) is 4.08. The second kappa shape index (κ2) is 3.32. The Morgan fingerprint density at radius 2 is 2.07 bits per heavy atom. The van der Waals surface area contributed by atoms with Gasteiger partial charge in [-0.25, -0.2) is 4.79 Å². The van der Waals surface area contributed by atoms with E-state index < -0.39 is 11.7 Å². The van der Waals surface area contributed by atoms with Crippen LogP contribution in [0.4, 0.5) is 4.79 Å². The van der Waals surface area contributed by atoms with Crippen LogP contribution in [0, 0.1) is 6.92 Å². The first kappa shape index (κ1) is 10.6. The zero-order valence-electron chi connectivity index (χ0n) is 8.75. The third-order valence-corrected chi connectivity index (χ3v) is 1.49. The molecule has 14 heavy (non-hydrogen) atoms. The minimum absolute atomic E-state index is 0.312. The number of H-pyrrole nitrogens is 1. The molecule has 1 heterocycles. The first-order valence-electron chi connectivity index (χ1n) is 4.31. The molecular weight excluding hydrogens is 184 g/mol. The van der Waals surface area contributed by atoms with Crippen LogP contribution in [0.15, 0.2) is 10.9 Å². The maximum absolute atomic E-state index is 11.5. The Morgan fingerprint density at radius 3 is 2.43 bits per heavy atom. The molecule has 78 valence electrons. The normalized spacial score (nSPS) is 11.4. The monoisotopic (exact) mass is 198 g/mol. The molecule has 5 heteroatoms. The van der Waals surface area contributed by atoms with E-state index in [9.17, 15) is 9.59 Å². The zero-order valence-corrected chi connectivity index (χ0v) is 8.75. The van der Waals surface area contributed by atoms with Crippen LogP contribution >= 0.6 is 0 Å². The Bertz CT molecular complexity index is 395. The maximum Gasteiger partial charge on any atom is 0.433 e. The molecule has 0 saturated heterocycles. The SMILES string of the molecule is Cc1cc(=O)[nH]n1C(=O)OC(C)(C)C. The maximum atomic E-state index is 11.5. The highest BCUT2D eigenvalue weighted by atomic mass is 16.6. The van der Waals surface area contributed by atoms with E-state index in [0.29, 0.717) is 5.69 Å². The molecule has 0 fully saturated rings. The van der Waals surface area contributed by atoms with Crippen LogP contribution in [0.5, 0.6) is 0 Å². The molecule has 0 aliphatic rings. The molecule has 1 rings (SSSR count). The molecule has 0 aromatic carbocycles. The van der Waals surface area contributed by atoms with Gasteiger partial charge < -0.3 is 4.74 Å². The van der Waals surface area contributed by atoms with E-state index in [-0.39, 0.29) is 5.56 Å². The van der Waals surface area contributed by atoms with Gasteiger partial charge in [0.15, 0.2) is 0 Å². The number of nitrogens with zero attached hydrogens (tertiary/aromatic N) is 1. The highest BCUT2D eigenvalue weighted by Crippen LogP contribution is 2.08. The number of rotatable bonds is 0. The van der Waals surface area contributed by atoms with Crippen molar-refractivity contribution in [1.29, 1.82) is 0 Å². The van der Waals surface area contributed by atoms with Gasteiger partial charge in [-0.1, -0.05) is 0 Å². The lowest BCUT2D eigenvalue weighted by atomic mass is 10.2. The number of ether oxygens (including phenoxy) is 1. The second-order valence-electron chi connectivity index (χ2n) is 4.08. The van der Waals surface area contributed by atoms with Crippen molar-refractivity contribution in [3.05, 3.63) is 22.1 Å². The third kappa shape index (κ3) is 2.48. The molecule has 1 aromatic rings. The summed E-state index contributed by atoms with van der Waals surface area (Å²) in [6.07, 6.45) is -0.572. The van der Waals surface area contributed by atoms with E-state index >= 15 is 0 Å². The quantitative estimate of drug-likeness (QED) is 0.682. The summed E-state index contributed by atoms with van der Waals surface area (Å²) in [6, 6.07) is 1.34. The summed E-state index contributed by atoms with van der Waals surface area (Å²) in [4.78, 5) is 22.4. The molecule has 0 radical (unpaired) electrons. The fourth-order valence-corrected chi connectivity index (χ4v) is 0.982. The summed E-state index contributed by atoms with van der Waals surface area (Å²) in [5.74, 6) is 0. The largest absolute Gasteiger partial charge is 0.442 e. The molecule has 0 spiro atoms. The van der Waals surface area contributed by atoms with Crippen molar-refractivity contribution >= 4 is 6.09 Å². The van der Waals surface area contributed by atoms with Crippen molar-refractivity contribution in [2.24, 2.45) is 0 Å². The van der Waals surface area contributed by atoms with Crippen LogP contribution in [0.2, 0.25) is 0 Å². The number of hydrogen-bond acceptors (Lipinski definition) is 3. The van der Waals surface area contributed by atoms with Crippen LogP contribution in [0.1, 0.15) is 26.5 Å². The fourth-order valence-electron chi connectivity index (χ4n) is 0.982. The fraction of sp³-hybridized carbons (Fsp3) is 0.556. The molecule has 0 bridgehead atoms. The number of hydrogen-bond donors (Lipinski definition) is 1. The summed E-state index contributed by atoms with van der Waals surface area (Å²) in [7, 11) is 0. The van der Waals surface area contributed by atoms with Gasteiger partial charge in [-0.05, 0) is 27.7 Å². The lowest BCUT2D eigenvalue weighted by molar-refractivity contribution is 0.0510. The van der Waals surface area contributed by atoms with Crippen molar-refractivity contribution in [1.82, 2.24) is 9.78 Å². The van der Waals surface area contributed by atoms with Gasteiger partial charge in [0.25, 0.3) is 5.56 Å². The topological polar surface area (TPSA) is 64.1 Å². The minimum Gasteiger partial charge on any atom is -0.442 e. The molecule has 0 unspecified atom stereocenters. The predicted octanol–water partition coefficient (Wildman–Crippen LogP) is 1.27.